The zero-order chi connectivity index (χ0) is 14.5. The molecular weight excluding hydrogens is 274 g/mol. The Balaban J connectivity index is 1.83. The number of halogens is 1. The molecule has 2 rings (SSSR count). The van der Waals surface area contributed by atoms with Gasteiger partial charge < -0.3 is 11.1 Å². The average Bonchev–Trinajstić information content (AvgIpc) is 2.44. The molecule has 0 aliphatic heterocycles. The van der Waals surface area contributed by atoms with Gasteiger partial charge >= 0.3 is 0 Å². The summed E-state index contributed by atoms with van der Waals surface area (Å²) >= 11 is 5.80. The Kier molecular flexibility index (Phi) is 5.24. The minimum absolute atomic E-state index is 0.126. The summed E-state index contributed by atoms with van der Waals surface area (Å²) in [5, 5.41) is 3.22. The molecule has 0 unspecified atom stereocenters. The fourth-order valence-electron chi connectivity index (χ4n) is 2.83. The summed E-state index contributed by atoms with van der Waals surface area (Å²) in [4.78, 5) is 15.9. The molecule has 5 heteroatoms. The first-order chi connectivity index (χ1) is 9.58. The number of amides is 1. The third kappa shape index (κ3) is 4.10. The fraction of sp³-hybridized carbons (Fsp3) is 0.600. The van der Waals surface area contributed by atoms with Crippen molar-refractivity contribution in [2.24, 2.45) is 11.8 Å². The number of nitrogen functional groups attached to an aromatic ring is 1. The average molecular weight is 296 g/mol. The molecule has 1 aromatic rings. The quantitative estimate of drug-likeness (QED) is 0.838. The molecule has 0 radical (unpaired) electrons. The van der Waals surface area contributed by atoms with E-state index in [1.165, 1.54) is 32.1 Å². The first-order valence-electron chi connectivity index (χ1n) is 7.29. The van der Waals surface area contributed by atoms with Gasteiger partial charge in [-0.15, -0.1) is 0 Å². The molecular formula is C15H22ClN3O. The topological polar surface area (TPSA) is 68.0 Å². The Hall–Kier alpha value is -1.29. The maximum Gasteiger partial charge on any atom is 0.251 e. The van der Waals surface area contributed by atoms with E-state index in [1.54, 1.807) is 12.1 Å². The molecule has 0 atom stereocenters. The molecule has 0 saturated heterocycles. The van der Waals surface area contributed by atoms with Gasteiger partial charge in [0.05, 0.1) is 0 Å². The second-order valence-corrected chi connectivity index (χ2v) is 6.00. The van der Waals surface area contributed by atoms with Crippen molar-refractivity contribution < 1.29 is 4.79 Å². The van der Waals surface area contributed by atoms with E-state index in [1.807, 2.05) is 0 Å². The summed E-state index contributed by atoms with van der Waals surface area (Å²) in [6.07, 6.45) is 6.25. The molecule has 110 valence electrons. The monoisotopic (exact) mass is 295 g/mol. The molecule has 0 aromatic carbocycles. The number of aromatic nitrogens is 1. The maximum atomic E-state index is 12.1. The van der Waals surface area contributed by atoms with Crippen LogP contribution in [-0.2, 0) is 0 Å². The van der Waals surface area contributed by atoms with E-state index >= 15 is 0 Å². The summed E-state index contributed by atoms with van der Waals surface area (Å²) in [6, 6.07) is 3.09. The predicted molar refractivity (Wildman–Crippen MR) is 81.7 cm³/mol. The van der Waals surface area contributed by atoms with Gasteiger partial charge in [-0.25, -0.2) is 4.98 Å². The molecule has 1 heterocycles. The molecule has 1 amide bonds. The molecule has 0 bridgehead atoms. The van der Waals surface area contributed by atoms with Crippen LogP contribution in [0.1, 0.15) is 49.4 Å². The predicted octanol–water partition coefficient (Wildman–Crippen LogP) is 3.26. The van der Waals surface area contributed by atoms with Crippen molar-refractivity contribution in [1.29, 1.82) is 0 Å². The highest BCUT2D eigenvalue weighted by Crippen LogP contribution is 2.30. The summed E-state index contributed by atoms with van der Waals surface area (Å²) in [5.74, 6) is 1.61. The number of hydrogen-bond donors (Lipinski definition) is 2. The largest absolute Gasteiger partial charge is 0.384 e. The van der Waals surface area contributed by atoms with Crippen LogP contribution in [0, 0.1) is 11.8 Å². The number of pyridine rings is 1. The Morgan fingerprint density at radius 3 is 2.60 bits per heavy atom. The van der Waals surface area contributed by atoms with Gasteiger partial charge in [-0.3, -0.25) is 4.79 Å². The van der Waals surface area contributed by atoms with Gasteiger partial charge in [0.2, 0.25) is 0 Å². The van der Waals surface area contributed by atoms with Gasteiger partial charge in [-0.1, -0.05) is 37.8 Å². The molecule has 20 heavy (non-hydrogen) atoms. The first-order valence-corrected chi connectivity index (χ1v) is 7.67. The maximum absolute atomic E-state index is 12.1. The second kappa shape index (κ2) is 6.93. The second-order valence-electron chi connectivity index (χ2n) is 5.61. The van der Waals surface area contributed by atoms with Crippen LogP contribution < -0.4 is 11.1 Å². The van der Waals surface area contributed by atoms with E-state index in [-0.39, 0.29) is 16.9 Å². The molecule has 3 N–H and O–H groups in total. The van der Waals surface area contributed by atoms with Gasteiger partial charge in [0.1, 0.15) is 11.0 Å². The molecule has 1 aliphatic carbocycles. The van der Waals surface area contributed by atoms with Crippen molar-refractivity contribution in [3.05, 3.63) is 22.8 Å². The Morgan fingerprint density at radius 1 is 1.35 bits per heavy atom. The lowest BCUT2D eigenvalue weighted by Crippen LogP contribution is -2.31. The van der Waals surface area contributed by atoms with Crippen LogP contribution in [0.3, 0.4) is 0 Å². The summed E-state index contributed by atoms with van der Waals surface area (Å²) in [5.41, 5.74) is 6.07. The third-order valence-corrected chi connectivity index (χ3v) is 4.36. The highest BCUT2D eigenvalue weighted by Gasteiger charge is 2.20. The van der Waals surface area contributed by atoms with E-state index < -0.39 is 0 Å². The number of nitrogens with two attached hydrogens (primary N) is 1. The van der Waals surface area contributed by atoms with Crippen LogP contribution in [0.15, 0.2) is 12.1 Å². The standard InChI is InChI=1S/C15H22ClN3O/c1-2-10-3-5-11(6-4-10)9-18-15(20)12-7-13(16)19-14(17)8-12/h7-8,10-11H,2-6,9H2,1H3,(H2,17,19)(H,18,20). The van der Waals surface area contributed by atoms with Gasteiger partial charge in [-0.2, -0.15) is 0 Å². The van der Waals surface area contributed by atoms with Crippen molar-refractivity contribution in [1.82, 2.24) is 10.3 Å². The van der Waals surface area contributed by atoms with Crippen molar-refractivity contribution in [2.75, 3.05) is 12.3 Å². The van der Waals surface area contributed by atoms with Gasteiger partial charge in [-0.05, 0) is 36.8 Å². The molecule has 4 nitrogen and oxygen atoms in total. The van der Waals surface area contributed by atoms with Crippen molar-refractivity contribution in [2.45, 2.75) is 39.0 Å². The lowest BCUT2D eigenvalue weighted by atomic mass is 9.81. The fourth-order valence-corrected chi connectivity index (χ4v) is 3.05. The van der Waals surface area contributed by atoms with E-state index in [2.05, 4.69) is 17.2 Å². The van der Waals surface area contributed by atoms with Crippen LogP contribution in [0.5, 0.6) is 0 Å². The van der Waals surface area contributed by atoms with Crippen LogP contribution in [0.4, 0.5) is 5.82 Å². The van der Waals surface area contributed by atoms with Crippen LogP contribution >= 0.6 is 11.6 Å². The van der Waals surface area contributed by atoms with Crippen LogP contribution in [0.25, 0.3) is 0 Å². The molecule has 1 fully saturated rings. The number of carbonyl (C=O) groups is 1. The Bertz CT molecular complexity index is 450. The lowest BCUT2D eigenvalue weighted by Gasteiger charge is -2.27. The molecule has 0 spiro atoms. The minimum Gasteiger partial charge on any atom is -0.384 e. The molecule has 1 aliphatic rings. The van der Waals surface area contributed by atoms with E-state index in [4.69, 9.17) is 17.3 Å². The Morgan fingerprint density at radius 2 is 2.00 bits per heavy atom. The van der Waals surface area contributed by atoms with Gasteiger partial charge in [0.15, 0.2) is 0 Å². The normalized spacial score (nSPS) is 22.5. The minimum atomic E-state index is -0.126. The Labute approximate surface area is 125 Å². The van der Waals surface area contributed by atoms with Crippen molar-refractivity contribution in [3.63, 3.8) is 0 Å². The molecule has 1 aromatic heterocycles. The first kappa shape index (κ1) is 15.1. The number of hydrogen-bond acceptors (Lipinski definition) is 3. The summed E-state index contributed by atoms with van der Waals surface area (Å²) in [7, 11) is 0. The highest BCUT2D eigenvalue weighted by atomic mass is 35.5. The smallest absolute Gasteiger partial charge is 0.251 e. The van der Waals surface area contributed by atoms with E-state index in [0.29, 0.717) is 11.5 Å². The number of carbonyl (C=O) groups excluding carboxylic acids is 1. The van der Waals surface area contributed by atoms with E-state index in [9.17, 15) is 4.79 Å². The summed E-state index contributed by atoms with van der Waals surface area (Å²) < 4.78 is 0. The summed E-state index contributed by atoms with van der Waals surface area (Å²) in [6.45, 7) is 2.99. The SMILES string of the molecule is CCC1CCC(CNC(=O)c2cc(N)nc(Cl)c2)CC1. The lowest BCUT2D eigenvalue weighted by molar-refractivity contribution is 0.0941. The number of nitrogens with one attached hydrogen (secondary N) is 1. The van der Waals surface area contributed by atoms with Crippen molar-refractivity contribution >= 4 is 23.3 Å². The number of rotatable bonds is 4. The van der Waals surface area contributed by atoms with Crippen LogP contribution in [-0.4, -0.2) is 17.4 Å². The number of anilines is 1. The van der Waals surface area contributed by atoms with Gasteiger partial charge in [0, 0.05) is 12.1 Å². The van der Waals surface area contributed by atoms with Crippen molar-refractivity contribution in [3.8, 4) is 0 Å². The third-order valence-electron chi connectivity index (χ3n) is 4.17. The van der Waals surface area contributed by atoms with Crippen LogP contribution in [0.2, 0.25) is 5.15 Å². The highest BCUT2D eigenvalue weighted by molar-refractivity contribution is 6.29. The number of nitrogens with zero attached hydrogens (tertiary/aromatic N) is 1. The zero-order valence-electron chi connectivity index (χ0n) is 11.9. The molecule has 1 saturated carbocycles. The van der Waals surface area contributed by atoms with E-state index in [0.717, 1.165) is 12.5 Å². The zero-order valence-corrected chi connectivity index (χ0v) is 12.6. The van der Waals surface area contributed by atoms with Gasteiger partial charge in [0.25, 0.3) is 5.91 Å².